The number of rotatable bonds is 5. The van der Waals surface area contributed by atoms with Crippen LogP contribution < -0.4 is 4.90 Å². The number of alkyl halides is 3. The molecular weight excluding hydrogens is 527 g/mol. The number of benzene rings is 4. The van der Waals surface area contributed by atoms with Gasteiger partial charge in [-0.15, -0.1) is 0 Å². The maximum atomic E-state index is 14.1. The summed E-state index contributed by atoms with van der Waals surface area (Å²) in [5.74, 6) is -0.900. The number of carbonyl (C=O) groups excluding carboxylic acids is 2. The molecule has 1 amide bonds. The molecule has 196 valence electrons. The van der Waals surface area contributed by atoms with E-state index < -0.39 is 23.6 Å². The first-order chi connectivity index (χ1) is 18.7. The summed E-state index contributed by atoms with van der Waals surface area (Å²) in [4.78, 5) is 27.7. The van der Waals surface area contributed by atoms with Crippen LogP contribution >= 0.6 is 11.6 Å². The maximum Gasteiger partial charge on any atom is 0.416 e. The van der Waals surface area contributed by atoms with E-state index in [9.17, 15) is 22.8 Å². The molecule has 1 aliphatic heterocycles. The van der Waals surface area contributed by atoms with Crippen molar-refractivity contribution in [3.05, 3.63) is 135 Å². The summed E-state index contributed by atoms with van der Waals surface area (Å²) < 4.78 is 45.9. The smallest absolute Gasteiger partial charge is 0.416 e. The minimum Gasteiger partial charge on any atom is -0.465 e. The van der Waals surface area contributed by atoms with E-state index in [4.69, 9.17) is 16.3 Å². The summed E-state index contributed by atoms with van der Waals surface area (Å²) in [5, 5.41) is 0.0869. The first-order valence-corrected chi connectivity index (χ1v) is 12.3. The van der Waals surface area contributed by atoms with Gasteiger partial charge in [-0.05, 0) is 47.5 Å². The molecule has 1 aliphatic rings. The van der Waals surface area contributed by atoms with Crippen molar-refractivity contribution < 1.29 is 27.5 Å². The molecule has 0 bridgehead atoms. The minimum absolute atomic E-state index is 0.0869. The van der Waals surface area contributed by atoms with Crippen LogP contribution in [0.5, 0.6) is 0 Å². The third-order valence-electron chi connectivity index (χ3n) is 6.49. The Morgan fingerprint density at radius 3 is 2.28 bits per heavy atom. The van der Waals surface area contributed by atoms with Gasteiger partial charge in [0, 0.05) is 21.7 Å². The van der Waals surface area contributed by atoms with Gasteiger partial charge < -0.3 is 9.64 Å². The highest BCUT2D eigenvalue weighted by molar-refractivity contribution is 6.40. The zero-order valence-electron chi connectivity index (χ0n) is 20.6. The van der Waals surface area contributed by atoms with Crippen LogP contribution in [0.3, 0.4) is 0 Å². The second kappa shape index (κ2) is 10.4. The normalized spacial score (nSPS) is 14.3. The fourth-order valence-electron chi connectivity index (χ4n) is 4.71. The summed E-state index contributed by atoms with van der Waals surface area (Å²) in [5.41, 5.74) is 2.50. The van der Waals surface area contributed by atoms with Gasteiger partial charge in [0.1, 0.15) is 0 Å². The molecule has 0 spiro atoms. The highest BCUT2D eigenvalue weighted by Gasteiger charge is 2.37. The number of anilines is 1. The Hall–Kier alpha value is -4.36. The van der Waals surface area contributed by atoms with E-state index in [2.05, 4.69) is 0 Å². The highest BCUT2D eigenvalue weighted by atomic mass is 35.5. The monoisotopic (exact) mass is 547 g/mol. The zero-order valence-corrected chi connectivity index (χ0v) is 21.4. The van der Waals surface area contributed by atoms with E-state index in [1.165, 1.54) is 13.2 Å². The second-order valence-electron chi connectivity index (χ2n) is 8.91. The summed E-state index contributed by atoms with van der Waals surface area (Å²) in [6.45, 7) is 0.128. The first kappa shape index (κ1) is 26.3. The van der Waals surface area contributed by atoms with Gasteiger partial charge in [-0.1, -0.05) is 72.3 Å². The molecule has 0 N–H and O–H groups in total. The van der Waals surface area contributed by atoms with E-state index in [1.807, 2.05) is 0 Å². The van der Waals surface area contributed by atoms with Gasteiger partial charge in [0.05, 0.1) is 36.0 Å². The third kappa shape index (κ3) is 5.05. The number of hydrogen-bond acceptors (Lipinski definition) is 3. The molecule has 4 aromatic carbocycles. The molecule has 0 saturated heterocycles. The van der Waals surface area contributed by atoms with Gasteiger partial charge in [-0.2, -0.15) is 13.2 Å². The molecule has 0 radical (unpaired) electrons. The third-order valence-corrected chi connectivity index (χ3v) is 6.82. The average Bonchev–Trinajstić information content (AvgIpc) is 3.20. The van der Waals surface area contributed by atoms with Crippen molar-refractivity contribution in [1.29, 1.82) is 0 Å². The van der Waals surface area contributed by atoms with Gasteiger partial charge in [0.2, 0.25) is 0 Å². The number of fused-ring (bicyclic) bond motifs is 1. The molecule has 0 saturated carbocycles. The Bertz CT molecular complexity index is 1610. The van der Waals surface area contributed by atoms with Crippen LogP contribution in [-0.2, 0) is 22.3 Å². The SMILES string of the molecule is COC(=O)c1cccc(CN2C(=O)C(=C(c3ccccc3)c3cc(C(F)(F)F)ccc3Cl)c3ccccc32)c1. The molecule has 0 unspecified atom stereocenters. The summed E-state index contributed by atoms with van der Waals surface area (Å²) in [6.07, 6.45) is -4.60. The number of ether oxygens (including phenoxy) is 1. The lowest BCUT2D eigenvalue weighted by Crippen LogP contribution is -2.26. The van der Waals surface area contributed by atoms with E-state index in [0.717, 1.165) is 12.1 Å². The number of amides is 1. The van der Waals surface area contributed by atoms with Crippen molar-refractivity contribution in [3.63, 3.8) is 0 Å². The average molecular weight is 548 g/mol. The van der Waals surface area contributed by atoms with Gasteiger partial charge in [0.25, 0.3) is 5.91 Å². The van der Waals surface area contributed by atoms with E-state index in [0.29, 0.717) is 33.5 Å². The molecule has 5 rings (SSSR count). The van der Waals surface area contributed by atoms with E-state index in [1.54, 1.807) is 83.8 Å². The Morgan fingerprint density at radius 1 is 0.872 bits per heavy atom. The lowest BCUT2D eigenvalue weighted by Gasteiger charge is -2.19. The molecule has 0 fully saturated rings. The summed E-state index contributed by atoms with van der Waals surface area (Å²) >= 11 is 6.50. The number of hydrogen-bond donors (Lipinski definition) is 0. The largest absolute Gasteiger partial charge is 0.465 e. The van der Waals surface area contributed by atoms with Crippen molar-refractivity contribution in [1.82, 2.24) is 0 Å². The number of halogens is 4. The highest BCUT2D eigenvalue weighted by Crippen LogP contribution is 2.45. The van der Waals surface area contributed by atoms with Crippen LogP contribution in [-0.4, -0.2) is 19.0 Å². The van der Waals surface area contributed by atoms with Gasteiger partial charge >= 0.3 is 12.1 Å². The fourth-order valence-corrected chi connectivity index (χ4v) is 4.92. The van der Waals surface area contributed by atoms with Gasteiger partial charge in [-0.25, -0.2) is 4.79 Å². The van der Waals surface area contributed by atoms with Crippen LogP contribution in [0.2, 0.25) is 5.02 Å². The van der Waals surface area contributed by atoms with Crippen molar-refractivity contribution in [2.45, 2.75) is 12.7 Å². The quantitative estimate of drug-likeness (QED) is 0.190. The molecule has 8 heteroatoms. The molecule has 1 heterocycles. The predicted molar refractivity (Wildman–Crippen MR) is 144 cm³/mol. The van der Waals surface area contributed by atoms with Crippen molar-refractivity contribution in [2.75, 3.05) is 12.0 Å². The van der Waals surface area contributed by atoms with Crippen molar-refractivity contribution in [2.24, 2.45) is 0 Å². The Balaban J connectivity index is 1.72. The number of nitrogens with zero attached hydrogens (tertiary/aromatic N) is 1. The Kier molecular flexibility index (Phi) is 7.02. The standard InChI is InChI=1S/C31H21ClF3NO3/c1-39-30(38)21-11-7-8-19(16-21)18-36-26-13-6-5-12-23(26)28(29(36)37)27(20-9-3-2-4-10-20)24-17-22(31(33,34)35)14-15-25(24)32/h2-17H,18H2,1H3. The molecule has 0 atom stereocenters. The van der Waals surface area contributed by atoms with Crippen molar-refractivity contribution >= 4 is 40.3 Å². The lowest BCUT2D eigenvalue weighted by atomic mass is 9.89. The maximum absolute atomic E-state index is 14.1. The van der Waals surface area contributed by atoms with Gasteiger partial charge in [-0.3, -0.25) is 4.79 Å². The fraction of sp³-hybridized carbons (Fsp3) is 0.0968. The minimum atomic E-state index is -4.60. The van der Waals surface area contributed by atoms with Gasteiger partial charge in [0.15, 0.2) is 0 Å². The first-order valence-electron chi connectivity index (χ1n) is 11.9. The summed E-state index contributed by atoms with van der Waals surface area (Å²) in [6, 6.07) is 25.7. The number of para-hydroxylation sites is 1. The summed E-state index contributed by atoms with van der Waals surface area (Å²) in [7, 11) is 1.29. The molecule has 0 aliphatic carbocycles. The van der Waals surface area contributed by atoms with E-state index >= 15 is 0 Å². The number of methoxy groups -OCH3 is 1. The predicted octanol–water partition coefficient (Wildman–Crippen LogP) is 7.65. The second-order valence-corrected chi connectivity index (χ2v) is 9.32. The molecule has 0 aromatic heterocycles. The van der Waals surface area contributed by atoms with Crippen LogP contribution in [0.4, 0.5) is 18.9 Å². The molecular formula is C31H21ClF3NO3. The van der Waals surface area contributed by atoms with Crippen LogP contribution in [0.25, 0.3) is 11.1 Å². The number of esters is 1. The Morgan fingerprint density at radius 2 is 1.56 bits per heavy atom. The van der Waals surface area contributed by atoms with Crippen LogP contribution in [0.1, 0.15) is 38.2 Å². The molecule has 4 nitrogen and oxygen atoms in total. The molecule has 39 heavy (non-hydrogen) atoms. The van der Waals surface area contributed by atoms with E-state index in [-0.39, 0.29) is 22.7 Å². The zero-order chi connectivity index (χ0) is 27.7. The Labute approximate surface area is 227 Å². The van der Waals surface area contributed by atoms with Crippen molar-refractivity contribution in [3.8, 4) is 0 Å². The lowest BCUT2D eigenvalue weighted by molar-refractivity contribution is -0.137. The topological polar surface area (TPSA) is 46.6 Å². The number of carbonyl (C=O) groups is 2. The van der Waals surface area contributed by atoms with Crippen LogP contribution in [0, 0.1) is 0 Å². The molecule has 4 aromatic rings. The van der Waals surface area contributed by atoms with Crippen LogP contribution in [0.15, 0.2) is 97.1 Å².